The fraction of sp³-hybridized carbons (Fsp3) is 0.318. The number of aliphatic carboxylic acids is 1. The minimum absolute atomic E-state index is 0.0248. The first-order valence-electron chi connectivity index (χ1n) is 10.1. The number of piperazine rings is 1. The van der Waals surface area contributed by atoms with Gasteiger partial charge in [-0.2, -0.15) is 4.31 Å². The van der Waals surface area contributed by atoms with Crippen molar-refractivity contribution in [2.45, 2.75) is 11.4 Å². The van der Waals surface area contributed by atoms with Crippen molar-refractivity contribution in [2.75, 3.05) is 40.1 Å². The molecule has 9 nitrogen and oxygen atoms in total. The third-order valence-electron chi connectivity index (χ3n) is 5.40. The van der Waals surface area contributed by atoms with Crippen LogP contribution in [0.15, 0.2) is 47.4 Å². The molecule has 4 rings (SSSR count). The van der Waals surface area contributed by atoms with Gasteiger partial charge >= 0.3 is 5.97 Å². The van der Waals surface area contributed by atoms with Crippen molar-refractivity contribution in [1.82, 2.24) is 9.21 Å². The van der Waals surface area contributed by atoms with E-state index in [4.69, 9.17) is 19.3 Å². The summed E-state index contributed by atoms with van der Waals surface area (Å²) < 4.78 is 44.1. The van der Waals surface area contributed by atoms with E-state index in [1.807, 2.05) is 18.2 Å². The first-order valence-corrected chi connectivity index (χ1v) is 11.5. The summed E-state index contributed by atoms with van der Waals surface area (Å²) in [5.74, 6) is 0.579. The maximum Gasteiger partial charge on any atom is 0.328 e. The SMILES string of the molecule is COc1ccc(/C=C/C(=O)O)cc1S(=O)(=O)N1CCN(Cc2ccc3c(c2)OCO3)CC1. The molecule has 2 aromatic rings. The number of nitrogens with zero attached hydrogens (tertiary/aromatic N) is 2. The highest BCUT2D eigenvalue weighted by molar-refractivity contribution is 7.89. The van der Waals surface area contributed by atoms with Crippen LogP contribution in [-0.2, 0) is 21.4 Å². The molecule has 2 aliphatic rings. The van der Waals surface area contributed by atoms with E-state index in [1.54, 1.807) is 6.07 Å². The largest absolute Gasteiger partial charge is 0.495 e. The van der Waals surface area contributed by atoms with Crippen LogP contribution in [-0.4, -0.2) is 68.8 Å². The van der Waals surface area contributed by atoms with Gasteiger partial charge in [0, 0.05) is 38.8 Å². The maximum absolute atomic E-state index is 13.3. The summed E-state index contributed by atoms with van der Waals surface area (Å²) >= 11 is 0. The van der Waals surface area contributed by atoms with Crippen LogP contribution >= 0.6 is 0 Å². The van der Waals surface area contributed by atoms with Crippen LogP contribution in [0, 0.1) is 0 Å². The second-order valence-electron chi connectivity index (χ2n) is 7.45. The minimum atomic E-state index is -3.81. The molecular formula is C22H24N2O7S. The van der Waals surface area contributed by atoms with Crippen molar-refractivity contribution in [1.29, 1.82) is 0 Å². The highest BCUT2D eigenvalue weighted by Gasteiger charge is 2.31. The van der Waals surface area contributed by atoms with Gasteiger partial charge in [0.1, 0.15) is 10.6 Å². The third-order valence-corrected chi connectivity index (χ3v) is 7.32. The molecule has 2 aliphatic heterocycles. The van der Waals surface area contributed by atoms with Crippen molar-refractivity contribution in [3.63, 3.8) is 0 Å². The van der Waals surface area contributed by atoms with Crippen molar-refractivity contribution in [3.8, 4) is 17.2 Å². The number of benzene rings is 2. The molecule has 0 spiro atoms. The predicted octanol–water partition coefficient (Wildman–Crippen LogP) is 2.03. The Morgan fingerprint density at radius 1 is 1.09 bits per heavy atom. The molecule has 1 fully saturated rings. The lowest BCUT2D eigenvalue weighted by atomic mass is 10.2. The standard InChI is InChI=1S/C22H24N2O7S/c1-29-19-6-2-16(4-7-22(25)26)13-21(19)32(27,28)24-10-8-23(9-11-24)14-17-3-5-18-20(12-17)31-15-30-18/h2-7,12-13H,8-11,14-15H2,1H3,(H,25,26)/b7-4+. The number of ether oxygens (including phenoxy) is 3. The lowest BCUT2D eigenvalue weighted by molar-refractivity contribution is -0.131. The monoisotopic (exact) mass is 460 g/mol. The number of methoxy groups -OCH3 is 1. The van der Waals surface area contributed by atoms with Gasteiger partial charge in [-0.25, -0.2) is 13.2 Å². The highest BCUT2D eigenvalue weighted by Crippen LogP contribution is 2.33. The van der Waals surface area contributed by atoms with Crippen LogP contribution in [0.5, 0.6) is 17.2 Å². The van der Waals surface area contributed by atoms with Crippen LogP contribution in [0.3, 0.4) is 0 Å². The molecule has 32 heavy (non-hydrogen) atoms. The van der Waals surface area contributed by atoms with Gasteiger partial charge in [0.2, 0.25) is 16.8 Å². The Balaban J connectivity index is 1.45. The first-order chi connectivity index (χ1) is 15.4. The van der Waals surface area contributed by atoms with Crippen molar-refractivity contribution >= 4 is 22.1 Å². The Morgan fingerprint density at radius 3 is 2.56 bits per heavy atom. The Labute approximate surface area is 186 Å². The highest BCUT2D eigenvalue weighted by atomic mass is 32.2. The third kappa shape index (κ3) is 4.72. The van der Waals surface area contributed by atoms with Gasteiger partial charge < -0.3 is 19.3 Å². The van der Waals surface area contributed by atoms with Crippen molar-refractivity contribution in [2.24, 2.45) is 0 Å². The quantitative estimate of drug-likeness (QED) is 0.626. The normalized spacial score (nSPS) is 17.0. The first kappa shape index (κ1) is 22.1. The van der Waals surface area contributed by atoms with E-state index in [2.05, 4.69) is 4.90 Å². The van der Waals surface area contributed by atoms with Gasteiger partial charge in [0.25, 0.3) is 0 Å². The molecule has 2 aromatic carbocycles. The average Bonchev–Trinajstić information content (AvgIpc) is 3.26. The van der Waals surface area contributed by atoms with E-state index in [1.165, 1.54) is 29.6 Å². The number of hydrogen-bond donors (Lipinski definition) is 1. The molecule has 170 valence electrons. The van der Waals surface area contributed by atoms with Gasteiger partial charge in [-0.1, -0.05) is 12.1 Å². The second kappa shape index (κ2) is 9.19. The minimum Gasteiger partial charge on any atom is -0.495 e. The van der Waals surface area contributed by atoms with Crippen molar-refractivity contribution < 1.29 is 32.5 Å². The number of sulfonamides is 1. The van der Waals surface area contributed by atoms with E-state index in [-0.39, 0.29) is 17.4 Å². The number of hydrogen-bond acceptors (Lipinski definition) is 7. The smallest absolute Gasteiger partial charge is 0.328 e. The molecule has 0 radical (unpaired) electrons. The molecule has 1 N–H and O–H groups in total. The Bertz CT molecular complexity index is 1140. The van der Waals surface area contributed by atoms with E-state index >= 15 is 0 Å². The van der Waals surface area contributed by atoms with Gasteiger partial charge in [-0.05, 0) is 41.5 Å². The molecule has 0 bridgehead atoms. The molecular weight excluding hydrogens is 436 g/mol. The molecule has 0 saturated carbocycles. The van der Waals surface area contributed by atoms with E-state index < -0.39 is 16.0 Å². The van der Waals surface area contributed by atoms with Gasteiger partial charge in [-0.15, -0.1) is 0 Å². The van der Waals surface area contributed by atoms with E-state index in [9.17, 15) is 13.2 Å². The fourth-order valence-electron chi connectivity index (χ4n) is 3.73. The molecule has 0 aromatic heterocycles. The number of fused-ring (bicyclic) bond motifs is 1. The zero-order valence-corrected chi connectivity index (χ0v) is 18.4. The van der Waals surface area contributed by atoms with Crippen LogP contribution < -0.4 is 14.2 Å². The molecule has 0 aliphatic carbocycles. The molecule has 0 atom stereocenters. The zero-order chi connectivity index (χ0) is 22.7. The van der Waals surface area contributed by atoms with Crippen LogP contribution in [0.4, 0.5) is 0 Å². The summed E-state index contributed by atoms with van der Waals surface area (Å²) in [6.45, 7) is 2.75. The molecule has 1 saturated heterocycles. The second-order valence-corrected chi connectivity index (χ2v) is 9.36. The van der Waals surface area contributed by atoms with Crippen LogP contribution in [0.2, 0.25) is 0 Å². The number of rotatable bonds is 7. The van der Waals surface area contributed by atoms with Gasteiger partial charge in [-0.3, -0.25) is 4.90 Å². The van der Waals surface area contributed by atoms with E-state index in [0.717, 1.165) is 23.1 Å². The van der Waals surface area contributed by atoms with Crippen LogP contribution in [0.1, 0.15) is 11.1 Å². The Hall–Kier alpha value is -3.08. The Morgan fingerprint density at radius 2 is 1.84 bits per heavy atom. The molecule has 2 heterocycles. The van der Waals surface area contributed by atoms with Gasteiger partial charge in [0.15, 0.2) is 11.5 Å². The summed E-state index contributed by atoms with van der Waals surface area (Å²) in [6, 6.07) is 10.4. The van der Waals surface area contributed by atoms with E-state index in [0.29, 0.717) is 38.3 Å². The van der Waals surface area contributed by atoms with Crippen molar-refractivity contribution in [3.05, 3.63) is 53.6 Å². The summed E-state index contributed by atoms with van der Waals surface area (Å²) in [5, 5.41) is 8.83. The summed E-state index contributed by atoms with van der Waals surface area (Å²) in [7, 11) is -2.40. The average molecular weight is 461 g/mol. The van der Waals surface area contributed by atoms with Crippen LogP contribution in [0.25, 0.3) is 6.08 Å². The molecule has 0 unspecified atom stereocenters. The number of carboxylic acids is 1. The van der Waals surface area contributed by atoms with Gasteiger partial charge in [0.05, 0.1) is 7.11 Å². The summed E-state index contributed by atoms with van der Waals surface area (Å²) in [5.41, 5.74) is 1.54. The zero-order valence-electron chi connectivity index (χ0n) is 17.6. The number of carbonyl (C=O) groups is 1. The molecule has 10 heteroatoms. The lowest BCUT2D eigenvalue weighted by Gasteiger charge is -2.34. The predicted molar refractivity (Wildman–Crippen MR) is 116 cm³/mol. The fourth-order valence-corrected chi connectivity index (χ4v) is 5.34. The Kier molecular flexibility index (Phi) is 6.35. The lowest BCUT2D eigenvalue weighted by Crippen LogP contribution is -2.48. The molecule has 0 amide bonds. The summed E-state index contributed by atoms with van der Waals surface area (Å²) in [6.07, 6.45) is 2.32. The topological polar surface area (TPSA) is 106 Å². The summed E-state index contributed by atoms with van der Waals surface area (Å²) in [4.78, 5) is 13.0. The maximum atomic E-state index is 13.3. The number of carboxylic acid groups (broad SMARTS) is 1.